The number of nitrogens with two attached hydrogens (primary N) is 1. The highest BCUT2D eigenvalue weighted by atomic mass is 16.1. The van der Waals surface area contributed by atoms with Crippen molar-refractivity contribution in [3.05, 3.63) is 23.8 Å². The number of amides is 1. The minimum Gasteiger partial charge on any atom is -0.397 e. The summed E-state index contributed by atoms with van der Waals surface area (Å²) in [5.41, 5.74) is 8.38. The molecule has 0 bridgehead atoms. The van der Waals surface area contributed by atoms with E-state index in [2.05, 4.69) is 5.32 Å². The van der Waals surface area contributed by atoms with Gasteiger partial charge >= 0.3 is 0 Å². The summed E-state index contributed by atoms with van der Waals surface area (Å²) >= 11 is 0. The largest absolute Gasteiger partial charge is 0.397 e. The predicted molar refractivity (Wildman–Crippen MR) is 68.5 cm³/mol. The third kappa shape index (κ3) is 2.02. The molecule has 2 atom stereocenters. The van der Waals surface area contributed by atoms with Crippen molar-refractivity contribution in [2.75, 3.05) is 11.1 Å². The van der Waals surface area contributed by atoms with Crippen LogP contribution in [0.2, 0.25) is 0 Å². The van der Waals surface area contributed by atoms with Gasteiger partial charge in [-0.2, -0.15) is 0 Å². The van der Waals surface area contributed by atoms with Crippen molar-refractivity contribution in [1.82, 2.24) is 0 Å². The van der Waals surface area contributed by atoms with E-state index in [0.29, 0.717) is 5.69 Å². The number of nitrogen functional groups attached to an aromatic ring is 1. The number of nitrogens with one attached hydrogen (secondary N) is 1. The first kappa shape index (κ1) is 10.6. The Morgan fingerprint density at radius 1 is 1.29 bits per heavy atom. The fourth-order valence-electron chi connectivity index (χ4n) is 2.94. The molecule has 2 saturated carbocycles. The van der Waals surface area contributed by atoms with Gasteiger partial charge in [-0.1, -0.05) is 6.07 Å². The summed E-state index contributed by atoms with van der Waals surface area (Å²) < 4.78 is 0. The highest BCUT2D eigenvalue weighted by Gasteiger charge is 2.47. The van der Waals surface area contributed by atoms with Gasteiger partial charge in [-0.05, 0) is 55.7 Å². The lowest BCUT2D eigenvalue weighted by Gasteiger charge is -2.14. The van der Waals surface area contributed by atoms with E-state index in [0.717, 1.165) is 35.9 Å². The summed E-state index contributed by atoms with van der Waals surface area (Å²) in [5.74, 6) is 2.02. The fourth-order valence-corrected chi connectivity index (χ4v) is 2.94. The first-order valence-corrected chi connectivity index (χ1v) is 6.30. The summed E-state index contributed by atoms with van der Waals surface area (Å²) in [5, 5.41) is 2.97. The van der Waals surface area contributed by atoms with Crippen LogP contribution in [0.3, 0.4) is 0 Å². The molecule has 2 aliphatic carbocycles. The van der Waals surface area contributed by atoms with Gasteiger partial charge in [0.05, 0.1) is 11.4 Å². The molecule has 2 aliphatic rings. The van der Waals surface area contributed by atoms with Crippen molar-refractivity contribution in [2.24, 2.45) is 17.8 Å². The lowest BCUT2D eigenvalue weighted by atomic mass is 10.0. The Bertz CT molecular complexity index is 459. The molecule has 3 rings (SSSR count). The van der Waals surface area contributed by atoms with Gasteiger partial charge in [0, 0.05) is 5.92 Å². The van der Waals surface area contributed by atoms with Gasteiger partial charge in [-0.3, -0.25) is 4.79 Å². The van der Waals surface area contributed by atoms with Crippen LogP contribution in [0.1, 0.15) is 24.8 Å². The highest BCUT2D eigenvalue weighted by molar-refractivity contribution is 5.95. The molecule has 2 fully saturated rings. The first-order valence-electron chi connectivity index (χ1n) is 6.30. The van der Waals surface area contributed by atoms with Crippen molar-refractivity contribution in [3.8, 4) is 0 Å². The van der Waals surface area contributed by atoms with Crippen LogP contribution in [0.4, 0.5) is 11.4 Å². The molecule has 0 aromatic heterocycles. The molecular weight excluding hydrogens is 212 g/mol. The number of hydrogen-bond acceptors (Lipinski definition) is 2. The van der Waals surface area contributed by atoms with Crippen LogP contribution in [0.25, 0.3) is 0 Å². The summed E-state index contributed by atoms with van der Waals surface area (Å²) in [6.07, 6.45) is 3.49. The standard InChI is InChI=1S/C14H18N2O/c1-8-2-3-12(15)13(4-8)16-14(17)11-6-9-5-10(9)7-11/h2-4,9-11H,5-7,15H2,1H3,(H,16,17). The second kappa shape index (κ2) is 3.76. The molecular formula is C14H18N2O. The summed E-state index contributed by atoms with van der Waals surface area (Å²) in [6.45, 7) is 2.00. The van der Waals surface area contributed by atoms with E-state index >= 15 is 0 Å². The van der Waals surface area contributed by atoms with Crippen LogP contribution in [-0.2, 0) is 4.79 Å². The van der Waals surface area contributed by atoms with E-state index < -0.39 is 0 Å². The van der Waals surface area contributed by atoms with Crippen LogP contribution in [0.5, 0.6) is 0 Å². The number of carbonyl (C=O) groups excluding carboxylic acids is 1. The van der Waals surface area contributed by atoms with Crippen molar-refractivity contribution >= 4 is 17.3 Å². The summed E-state index contributed by atoms with van der Waals surface area (Å²) in [4.78, 5) is 12.1. The number of hydrogen-bond donors (Lipinski definition) is 2. The topological polar surface area (TPSA) is 55.1 Å². The monoisotopic (exact) mass is 230 g/mol. The Labute approximate surface area is 101 Å². The quantitative estimate of drug-likeness (QED) is 0.767. The predicted octanol–water partition coefficient (Wildman–Crippen LogP) is 2.56. The molecule has 2 unspecified atom stereocenters. The van der Waals surface area contributed by atoms with Crippen molar-refractivity contribution < 1.29 is 4.79 Å². The maximum atomic E-state index is 12.1. The maximum absolute atomic E-state index is 12.1. The van der Waals surface area contributed by atoms with Gasteiger partial charge in [0.1, 0.15) is 0 Å². The third-order valence-corrected chi connectivity index (χ3v) is 4.08. The van der Waals surface area contributed by atoms with E-state index in [1.165, 1.54) is 6.42 Å². The van der Waals surface area contributed by atoms with E-state index in [4.69, 9.17) is 5.73 Å². The Balaban J connectivity index is 1.69. The Kier molecular flexibility index (Phi) is 2.35. The molecule has 3 N–H and O–H groups in total. The fraction of sp³-hybridized carbons (Fsp3) is 0.500. The van der Waals surface area contributed by atoms with Gasteiger partial charge in [0.2, 0.25) is 5.91 Å². The molecule has 90 valence electrons. The second-order valence-corrected chi connectivity index (χ2v) is 5.50. The molecule has 1 aromatic carbocycles. The van der Waals surface area contributed by atoms with Crippen molar-refractivity contribution in [3.63, 3.8) is 0 Å². The van der Waals surface area contributed by atoms with E-state index in [9.17, 15) is 4.79 Å². The zero-order valence-electron chi connectivity index (χ0n) is 10.1. The van der Waals surface area contributed by atoms with Crippen molar-refractivity contribution in [1.29, 1.82) is 0 Å². The molecule has 1 aromatic rings. The smallest absolute Gasteiger partial charge is 0.227 e. The van der Waals surface area contributed by atoms with E-state index in [-0.39, 0.29) is 11.8 Å². The van der Waals surface area contributed by atoms with Gasteiger partial charge in [0.15, 0.2) is 0 Å². The molecule has 1 amide bonds. The minimum absolute atomic E-state index is 0.148. The molecule has 3 heteroatoms. The lowest BCUT2D eigenvalue weighted by molar-refractivity contribution is -0.119. The SMILES string of the molecule is Cc1ccc(N)c(NC(=O)C2CC3CC3C2)c1. The van der Waals surface area contributed by atoms with Gasteiger partial charge < -0.3 is 11.1 Å². The number of carbonyl (C=O) groups is 1. The van der Waals surface area contributed by atoms with Crippen LogP contribution < -0.4 is 11.1 Å². The van der Waals surface area contributed by atoms with Crippen LogP contribution in [0, 0.1) is 24.7 Å². The van der Waals surface area contributed by atoms with E-state index in [1.807, 2.05) is 25.1 Å². The zero-order valence-corrected chi connectivity index (χ0v) is 10.1. The van der Waals surface area contributed by atoms with Crippen LogP contribution >= 0.6 is 0 Å². The molecule has 0 aliphatic heterocycles. The van der Waals surface area contributed by atoms with Gasteiger partial charge in [-0.25, -0.2) is 0 Å². The highest BCUT2D eigenvalue weighted by Crippen LogP contribution is 2.54. The number of rotatable bonds is 2. The number of fused-ring (bicyclic) bond motifs is 1. The number of aryl methyl sites for hydroxylation is 1. The molecule has 17 heavy (non-hydrogen) atoms. The van der Waals surface area contributed by atoms with Gasteiger partial charge in [-0.15, -0.1) is 0 Å². The molecule has 0 radical (unpaired) electrons. The zero-order chi connectivity index (χ0) is 12.0. The number of benzene rings is 1. The average molecular weight is 230 g/mol. The molecule has 0 spiro atoms. The minimum atomic E-state index is 0.148. The van der Waals surface area contributed by atoms with E-state index in [1.54, 1.807) is 0 Å². The summed E-state index contributed by atoms with van der Waals surface area (Å²) in [7, 11) is 0. The molecule has 3 nitrogen and oxygen atoms in total. The molecule has 0 saturated heterocycles. The Hall–Kier alpha value is -1.51. The second-order valence-electron chi connectivity index (χ2n) is 5.50. The Morgan fingerprint density at radius 2 is 2.00 bits per heavy atom. The van der Waals surface area contributed by atoms with Crippen molar-refractivity contribution in [2.45, 2.75) is 26.2 Å². The lowest BCUT2D eigenvalue weighted by Crippen LogP contribution is -2.22. The number of anilines is 2. The summed E-state index contributed by atoms with van der Waals surface area (Å²) in [6, 6.07) is 5.73. The first-order chi connectivity index (χ1) is 8.13. The van der Waals surface area contributed by atoms with Gasteiger partial charge in [0.25, 0.3) is 0 Å². The Morgan fingerprint density at radius 3 is 2.71 bits per heavy atom. The maximum Gasteiger partial charge on any atom is 0.227 e. The average Bonchev–Trinajstić information content (AvgIpc) is 2.91. The van der Waals surface area contributed by atoms with Crippen LogP contribution in [-0.4, -0.2) is 5.91 Å². The van der Waals surface area contributed by atoms with Crippen LogP contribution in [0.15, 0.2) is 18.2 Å². The third-order valence-electron chi connectivity index (χ3n) is 4.08. The molecule has 0 heterocycles. The normalized spacial score (nSPS) is 29.8.